The second-order valence-electron chi connectivity index (χ2n) is 6.40. The van der Waals surface area contributed by atoms with E-state index in [9.17, 15) is 0 Å². The lowest BCUT2D eigenvalue weighted by Gasteiger charge is -2.44. The molecule has 0 saturated carbocycles. The average molecular weight is 358 g/mol. The normalized spacial score (nSPS) is 17.5. The van der Waals surface area contributed by atoms with E-state index >= 15 is 0 Å². The number of hydrogen-bond acceptors (Lipinski definition) is 3. The topological polar surface area (TPSA) is 34.1 Å². The smallest absolute Gasteiger partial charge is 0.162 e. The highest BCUT2D eigenvalue weighted by atomic mass is 16.5. The molecule has 0 bridgehead atoms. The lowest BCUT2D eigenvalue weighted by Crippen LogP contribution is -2.46. The third-order valence-corrected chi connectivity index (χ3v) is 4.81. The minimum atomic E-state index is 0.256. The van der Waals surface area contributed by atoms with Crippen molar-refractivity contribution in [3.8, 4) is 11.5 Å². The molecule has 0 aromatic heterocycles. The molecule has 3 aromatic carbocycles. The number of ether oxygens (including phenoxy) is 2. The molecule has 4 nitrogen and oxygen atoms in total. The van der Waals surface area contributed by atoms with Crippen LogP contribution < -0.4 is 14.4 Å². The van der Waals surface area contributed by atoms with Crippen molar-refractivity contribution in [2.75, 3.05) is 19.1 Å². The Hall–Kier alpha value is -3.27. The van der Waals surface area contributed by atoms with Crippen LogP contribution in [-0.2, 0) is 0 Å². The Bertz CT molecular complexity index is 939. The highest BCUT2D eigenvalue weighted by Crippen LogP contribution is 2.43. The summed E-state index contributed by atoms with van der Waals surface area (Å²) in [7, 11) is 3.31. The van der Waals surface area contributed by atoms with Gasteiger partial charge in [-0.3, -0.25) is 0 Å². The Balaban J connectivity index is 1.74. The number of methoxy groups -OCH3 is 2. The number of anilines is 1. The van der Waals surface area contributed by atoms with Gasteiger partial charge in [-0.2, -0.15) is 0 Å². The van der Waals surface area contributed by atoms with Gasteiger partial charge >= 0.3 is 0 Å². The van der Waals surface area contributed by atoms with Crippen LogP contribution in [0.4, 0.5) is 11.4 Å². The molecule has 0 N–H and O–H groups in total. The van der Waals surface area contributed by atoms with Crippen molar-refractivity contribution in [3.63, 3.8) is 0 Å². The highest BCUT2D eigenvalue weighted by Gasteiger charge is 2.36. The van der Waals surface area contributed by atoms with Crippen LogP contribution in [0.25, 0.3) is 0 Å². The molecule has 0 radical (unpaired) electrons. The molecule has 136 valence electrons. The second-order valence-corrected chi connectivity index (χ2v) is 6.40. The van der Waals surface area contributed by atoms with Crippen molar-refractivity contribution in [1.82, 2.24) is 0 Å². The standard InChI is InChI=1S/C23H22N2O2/c1-26-21-14-13-19(15-22(21)27-2)25-20(17-9-5-3-6-10-17)16-23(25)24-18-11-7-4-8-12-18/h3-15,20H,16H2,1-2H3/b24-23+. The molecule has 1 atom stereocenters. The Kier molecular flexibility index (Phi) is 4.79. The molecule has 0 aliphatic carbocycles. The highest BCUT2D eigenvalue weighted by molar-refractivity contribution is 6.06. The maximum atomic E-state index is 5.50. The van der Waals surface area contributed by atoms with Crippen LogP contribution in [0.1, 0.15) is 18.0 Å². The lowest BCUT2D eigenvalue weighted by molar-refractivity contribution is 0.355. The van der Waals surface area contributed by atoms with Crippen LogP contribution in [0.15, 0.2) is 83.9 Å². The molecule has 27 heavy (non-hydrogen) atoms. The zero-order chi connectivity index (χ0) is 18.6. The number of aliphatic imine (C=N–C) groups is 1. The van der Waals surface area contributed by atoms with Gasteiger partial charge in [0.05, 0.1) is 25.9 Å². The van der Waals surface area contributed by atoms with Gasteiger partial charge in [-0.05, 0) is 29.8 Å². The molecule has 1 unspecified atom stereocenters. The predicted octanol–water partition coefficient (Wildman–Crippen LogP) is 5.39. The SMILES string of the molecule is COc1ccc(N2/C(=N/c3ccccc3)CC2c2ccccc2)cc1OC. The summed E-state index contributed by atoms with van der Waals surface area (Å²) >= 11 is 0. The molecule has 0 spiro atoms. The van der Waals surface area contributed by atoms with Crippen LogP contribution in [0, 0.1) is 0 Å². The number of nitrogens with zero attached hydrogens (tertiary/aromatic N) is 2. The van der Waals surface area contributed by atoms with Crippen LogP contribution in [0.2, 0.25) is 0 Å². The molecular formula is C23H22N2O2. The summed E-state index contributed by atoms with van der Waals surface area (Å²) in [6.45, 7) is 0. The van der Waals surface area contributed by atoms with Crippen molar-refractivity contribution < 1.29 is 9.47 Å². The van der Waals surface area contributed by atoms with Gasteiger partial charge in [0.25, 0.3) is 0 Å². The fourth-order valence-corrected chi connectivity index (χ4v) is 3.43. The van der Waals surface area contributed by atoms with Gasteiger partial charge in [-0.1, -0.05) is 48.5 Å². The first-order valence-electron chi connectivity index (χ1n) is 8.99. The maximum Gasteiger partial charge on any atom is 0.162 e. The summed E-state index contributed by atoms with van der Waals surface area (Å²) in [5.41, 5.74) is 3.28. The van der Waals surface area contributed by atoms with Crippen molar-refractivity contribution >= 4 is 17.2 Å². The number of para-hydroxylation sites is 1. The van der Waals surface area contributed by atoms with E-state index < -0.39 is 0 Å². The van der Waals surface area contributed by atoms with E-state index in [2.05, 4.69) is 35.2 Å². The summed E-state index contributed by atoms with van der Waals surface area (Å²) in [6.07, 6.45) is 0.896. The zero-order valence-electron chi connectivity index (χ0n) is 15.5. The molecular weight excluding hydrogens is 336 g/mol. The van der Waals surface area contributed by atoms with Gasteiger partial charge in [0.2, 0.25) is 0 Å². The Labute approximate surface area is 159 Å². The molecule has 1 fully saturated rings. The van der Waals surface area contributed by atoms with E-state index in [0.717, 1.165) is 29.4 Å². The number of hydrogen-bond donors (Lipinski definition) is 0. The average Bonchev–Trinajstić information content (AvgIpc) is 2.72. The van der Waals surface area contributed by atoms with E-state index in [-0.39, 0.29) is 6.04 Å². The molecule has 1 heterocycles. The second kappa shape index (κ2) is 7.54. The number of rotatable bonds is 5. The summed E-state index contributed by atoms with van der Waals surface area (Å²) in [5, 5.41) is 0. The quantitative estimate of drug-likeness (QED) is 0.613. The van der Waals surface area contributed by atoms with Crippen LogP contribution >= 0.6 is 0 Å². The fourth-order valence-electron chi connectivity index (χ4n) is 3.43. The Morgan fingerprint density at radius 2 is 1.48 bits per heavy atom. The third kappa shape index (κ3) is 3.38. The van der Waals surface area contributed by atoms with Crippen LogP contribution in [0.3, 0.4) is 0 Å². The number of amidine groups is 1. The molecule has 1 aliphatic heterocycles. The van der Waals surface area contributed by atoms with Crippen molar-refractivity contribution in [2.45, 2.75) is 12.5 Å². The van der Waals surface area contributed by atoms with E-state index in [1.807, 2.05) is 48.5 Å². The first-order valence-corrected chi connectivity index (χ1v) is 8.99. The van der Waals surface area contributed by atoms with E-state index in [1.54, 1.807) is 14.2 Å². The van der Waals surface area contributed by atoms with Gasteiger partial charge in [0.15, 0.2) is 11.5 Å². The van der Waals surface area contributed by atoms with Crippen molar-refractivity contribution in [1.29, 1.82) is 0 Å². The van der Waals surface area contributed by atoms with Gasteiger partial charge in [0, 0.05) is 18.2 Å². The largest absolute Gasteiger partial charge is 0.493 e. The molecule has 3 aromatic rings. The minimum Gasteiger partial charge on any atom is -0.493 e. The lowest BCUT2D eigenvalue weighted by atomic mass is 9.92. The molecule has 1 aliphatic rings. The van der Waals surface area contributed by atoms with Crippen LogP contribution in [-0.4, -0.2) is 20.1 Å². The van der Waals surface area contributed by atoms with E-state index in [4.69, 9.17) is 14.5 Å². The van der Waals surface area contributed by atoms with Crippen molar-refractivity contribution in [2.24, 2.45) is 4.99 Å². The zero-order valence-corrected chi connectivity index (χ0v) is 15.5. The summed E-state index contributed by atoms with van der Waals surface area (Å²) < 4.78 is 10.9. The molecule has 1 saturated heterocycles. The Morgan fingerprint density at radius 3 is 2.15 bits per heavy atom. The van der Waals surface area contributed by atoms with Crippen LogP contribution in [0.5, 0.6) is 11.5 Å². The van der Waals surface area contributed by atoms with Gasteiger partial charge in [-0.25, -0.2) is 4.99 Å². The van der Waals surface area contributed by atoms with E-state index in [0.29, 0.717) is 5.75 Å². The van der Waals surface area contributed by atoms with Gasteiger partial charge < -0.3 is 14.4 Å². The first kappa shape index (κ1) is 17.2. The summed E-state index contributed by atoms with van der Waals surface area (Å²) in [4.78, 5) is 7.13. The molecule has 0 amide bonds. The summed E-state index contributed by atoms with van der Waals surface area (Å²) in [6, 6.07) is 26.8. The number of benzene rings is 3. The monoisotopic (exact) mass is 358 g/mol. The first-order chi connectivity index (χ1) is 13.3. The fraction of sp³-hybridized carbons (Fsp3) is 0.174. The van der Waals surface area contributed by atoms with Gasteiger partial charge in [0.1, 0.15) is 5.84 Å². The molecule has 4 rings (SSSR count). The third-order valence-electron chi connectivity index (χ3n) is 4.81. The molecule has 4 heteroatoms. The maximum absolute atomic E-state index is 5.50. The Morgan fingerprint density at radius 1 is 0.815 bits per heavy atom. The predicted molar refractivity (Wildman–Crippen MR) is 109 cm³/mol. The van der Waals surface area contributed by atoms with Crippen molar-refractivity contribution in [3.05, 3.63) is 84.4 Å². The van der Waals surface area contributed by atoms with E-state index in [1.165, 1.54) is 5.56 Å². The summed E-state index contributed by atoms with van der Waals surface area (Å²) in [5.74, 6) is 2.48. The minimum absolute atomic E-state index is 0.256. The van der Waals surface area contributed by atoms with Gasteiger partial charge in [-0.15, -0.1) is 0 Å².